The van der Waals surface area contributed by atoms with E-state index in [0.717, 1.165) is 41.7 Å². The molecule has 1 atom stereocenters. The summed E-state index contributed by atoms with van der Waals surface area (Å²) in [5.74, 6) is 2.92. The van der Waals surface area contributed by atoms with E-state index in [1.165, 1.54) is 0 Å². The van der Waals surface area contributed by atoms with Gasteiger partial charge in [-0.05, 0) is 44.5 Å². The molecule has 0 radical (unpaired) electrons. The lowest BCUT2D eigenvalue weighted by molar-refractivity contribution is 0.376. The second kappa shape index (κ2) is 8.35. The summed E-state index contributed by atoms with van der Waals surface area (Å²) in [5, 5.41) is 13.6. The monoisotopic (exact) mass is 373 g/mol. The molecule has 0 fully saturated rings. The number of ether oxygens (including phenoxy) is 1. The van der Waals surface area contributed by atoms with Crippen molar-refractivity contribution in [2.24, 2.45) is 0 Å². The summed E-state index contributed by atoms with van der Waals surface area (Å²) < 4.78 is 12.7. The van der Waals surface area contributed by atoms with E-state index in [-0.39, 0.29) is 5.25 Å². The van der Waals surface area contributed by atoms with Crippen molar-refractivity contribution in [1.82, 2.24) is 24.9 Å². The molecule has 7 nitrogen and oxygen atoms in total. The molecule has 2 heterocycles. The van der Waals surface area contributed by atoms with Gasteiger partial charge in [0.25, 0.3) is 0 Å². The summed E-state index contributed by atoms with van der Waals surface area (Å²) in [6.07, 6.45) is 2.16. The molecular weight excluding hydrogens is 350 g/mol. The zero-order chi connectivity index (χ0) is 18.5. The maximum Gasteiger partial charge on any atom is 0.239 e. The van der Waals surface area contributed by atoms with Gasteiger partial charge in [-0.15, -0.1) is 10.2 Å². The summed E-state index contributed by atoms with van der Waals surface area (Å²) in [7, 11) is 1.66. The first kappa shape index (κ1) is 18.4. The molecule has 26 heavy (non-hydrogen) atoms. The van der Waals surface area contributed by atoms with Crippen molar-refractivity contribution in [2.45, 2.75) is 50.6 Å². The molecular formula is C18H23N5O2S. The Bertz CT molecular complexity index is 844. The number of thioether (sulfide) groups is 1. The van der Waals surface area contributed by atoms with Gasteiger partial charge in [-0.3, -0.25) is 0 Å². The predicted molar refractivity (Wildman–Crippen MR) is 100 cm³/mol. The highest BCUT2D eigenvalue weighted by Gasteiger charge is 2.20. The van der Waals surface area contributed by atoms with Crippen LogP contribution in [0.2, 0.25) is 0 Å². The molecule has 2 aromatic heterocycles. The highest BCUT2D eigenvalue weighted by Crippen LogP contribution is 2.35. The van der Waals surface area contributed by atoms with E-state index in [1.54, 1.807) is 18.9 Å². The van der Waals surface area contributed by atoms with Gasteiger partial charge in [0, 0.05) is 12.1 Å². The Morgan fingerprint density at radius 3 is 2.62 bits per heavy atom. The summed E-state index contributed by atoms with van der Waals surface area (Å²) in [6.45, 7) is 6.89. The lowest BCUT2D eigenvalue weighted by Gasteiger charge is -2.11. The first-order valence-electron chi connectivity index (χ1n) is 8.66. The van der Waals surface area contributed by atoms with Gasteiger partial charge >= 0.3 is 0 Å². The van der Waals surface area contributed by atoms with Gasteiger partial charge in [-0.2, -0.15) is 4.98 Å². The third kappa shape index (κ3) is 4.07. The zero-order valence-corrected chi connectivity index (χ0v) is 16.3. The molecule has 0 amide bonds. The first-order valence-corrected chi connectivity index (χ1v) is 9.54. The number of nitrogens with zero attached hydrogens (tertiary/aromatic N) is 5. The molecule has 0 saturated carbocycles. The third-order valence-electron chi connectivity index (χ3n) is 3.97. The largest absolute Gasteiger partial charge is 0.497 e. The number of unbranched alkanes of at least 4 members (excludes halogenated alkanes) is 1. The van der Waals surface area contributed by atoms with Gasteiger partial charge in [0.2, 0.25) is 5.89 Å². The van der Waals surface area contributed by atoms with Gasteiger partial charge < -0.3 is 13.8 Å². The van der Waals surface area contributed by atoms with Crippen LogP contribution in [0.4, 0.5) is 0 Å². The maximum absolute atomic E-state index is 5.28. The van der Waals surface area contributed by atoms with Crippen molar-refractivity contribution >= 4 is 11.8 Å². The molecule has 0 aliphatic carbocycles. The second-order valence-electron chi connectivity index (χ2n) is 5.98. The highest BCUT2D eigenvalue weighted by atomic mass is 32.2. The van der Waals surface area contributed by atoms with Crippen LogP contribution >= 0.6 is 11.8 Å². The average molecular weight is 373 g/mol. The molecule has 0 N–H and O–H groups in total. The van der Waals surface area contributed by atoms with Gasteiger partial charge in [0.1, 0.15) is 5.75 Å². The topological polar surface area (TPSA) is 78.9 Å². The summed E-state index contributed by atoms with van der Waals surface area (Å²) >= 11 is 1.58. The molecule has 8 heteroatoms. The van der Waals surface area contributed by atoms with Gasteiger partial charge in [0.15, 0.2) is 16.8 Å². The van der Waals surface area contributed by atoms with Crippen LogP contribution in [0.3, 0.4) is 0 Å². The zero-order valence-electron chi connectivity index (χ0n) is 15.5. The number of rotatable bonds is 8. The Hall–Kier alpha value is -2.35. The fraction of sp³-hybridized carbons (Fsp3) is 0.444. The first-order chi connectivity index (χ1) is 12.6. The summed E-state index contributed by atoms with van der Waals surface area (Å²) in [5.41, 5.74) is 1.02. The predicted octanol–water partition coefficient (Wildman–Crippen LogP) is 4.30. The fourth-order valence-corrected chi connectivity index (χ4v) is 3.44. The smallest absolute Gasteiger partial charge is 0.239 e. The molecule has 138 valence electrons. The van der Waals surface area contributed by atoms with Gasteiger partial charge in [0.05, 0.1) is 12.4 Å². The molecule has 1 unspecified atom stereocenters. The van der Waals surface area contributed by atoms with Crippen molar-refractivity contribution in [1.29, 1.82) is 0 Å². The lowest BCUT2D eigenvalue weighted by Crippen LogP contribution is -2.03. The van der Waals surface area contributed by atoms with Crippen LogP contribution in [-0.4, -0.2) is 32.0 Å². The van der Waals surface area contributed by atoms with Gasteiger partial charge in [-0.25, -0.2) is 0 Å². The SMILES string of the molecule is CCCCn1c(SC(C)c2nc(C)no2)nnc1-c1ccc(OC)cc1. The van der Waals surface area contributed by atoms with Crippen LogP contribution in [0.25, 0.3) is 11.4 Å². The van der Waals surface area contributed by atoms with Crippen molar-refractivity contribution in [3.63, 3.8) is 0 Å². The van der Waals surface area contributed by atoms with Crippen LogP contribution in [0.1, 0.15) is 43.7 Å². The minimum atomic E-state index is 0.00416. The van der Waals surface area contributed by atoms with E-state index < -0.39 is 0 Å². The molecule has 3 rings (SSSR count). The van der Waals surface area contributed by atoms with E-state index in [2.05, 4.69) is 31.8 Å². The average Bonchev–Trinajstić information content (AvgIpc) is 3.26. The Labute approximate surface area is 157 Å². The molecule has 3 aromatic rings. The van der Waals surface area contributed by atoms with Crippen molar-refractivity contribution < 1.29 is 9.26 Å². The number of hydrogen-bond donors (Lipinski definition) is 0. The van der Waals surface area contributed by atoms with Crippen molar-refractivity contribution in [3.05, 3.63) is 36.0 Å². The van der Waals surface area contributed by atoms with Crippen molar-refractivity contribution in [3.8, 4) is 17.1 Å². The number of methoxy groups -OCH3 is 1. The number of aryl methyl sites for hydroxylation is 1. The van der Waals surface area contributed by atoms with E-state index in [1.807, 2.05) is 38.1 Å². The molecule has 0 aliphatic heterocycles. The Morgan fingerprint density at radius 2 is 2.00 bits per heavy atom. The van der Waals surface area contributed by atoms with Crippen LogP contribution in [0.5, 0.6) is 5.75 Å². The van der Waals surface area contributed by atoms with Crippen LogP contribution in [0.15, 0.2) is 33.9 Å². The van der Waals surface area contributed by atoms with Crippen molar-refractivity contribution in [2.75, 3.05) is 7.11 Å². The second-order valence-corrected chi connectivity index (χ2v) is 7.29. The van der Waals surface area contributed by atoms with Crippen LogP contribution in [-0.2, 0) is 6.54 Å². The fourth-order valence-electron chi connectivity index (χ4n) is 2.53. The molecule has 0 saturated heterocycles. The maximum atomic E-state index is 5.28. The number of benzene rings is 1. The standard InChI is InChI=1S/C18H23N5O2S/c1-5-6-11-23-16(14-7-9-15(24-4)10-8-14)20-21-18(23)26-12(2)17-19-13(3)22-25-17/h7-10,12H,5-6,11H2,1-4H3. The van der Waals surface area contributed by atoms with E-state index in [0.29, 0.717) is 11.7 Å². The molecule has 0 bridgehead atoms. The number of aromatic nitrogens is 5. The Kier molecular flexibility index (Phi) is 5.92. The van der Waals surface area contributed by atoms with Crippen LogP contribution in [0, 0.1) is 6.92 Å². The normalized spacial score (nSPS) is 12.3. The number of hydrogen-bond acceptors (Lipinski definition) is 7. The third-order valence-corrected chi connectivity index (χ3v) is 5.04. The lowest BCUT2D eigenvalue weighted by atomic mass is 10.2. The van der Waals surface area contributed by atoms with E-state index >= 15 is 0 Å². The molecule has 0 spiro atoms. The quantitative estimate of drug-likeness (QED) is 0.545. The van der Waals surface area contributed by atoms with Crippen LogP contribution < -0.4 is 4.74 Å². The Morgan fingerprint density at radius 1 is 1.23 bits per heavy atom. The van der Waals surface area contributed by atoms with E-state index in [9.17, 15) is 0 Å². The summed E-state index contributed by atoms with van der Waals surface area (Å²) in [4.78, 5) is 4.31. The highest BCUT2D eigenvalue weighted by molar-refractivity contribution is 7.99. The molecule has 0 aliphatic rings. The molecule has 1 aromatic carbocycles. The van der Waals surface area contributed by atoms with Gasteiger partial charge in [-0.1, -0.05) is 30.3 Å². The van der Waals surface area contributed by atoms with E-state index in [4.69, 9.17) is 9.26 Å². The minimum Gasteiger partial charge on any atom is -0.497 e. The summed E-state index contributed by atoms with van der Waals surface area (Å²) in [6, 6.07) is 7.88. The minimum absolute atomic E-state index is 0.00416. The Balaban J connectivity index is 1.88.